The zero-order valence-electron chi connectivity index (χ0n) is 15.4. The molecule has 0 aliphatic heterocycles. The largest absolute Gasteiger partial charge is 0.513 e. The van der Waals surface area contributed by atoms with Crippen molar-refractivity contribution in [2.75, 3.05) is 0 Å². The monoisotopic (exact) mass is 398 g/mol. The molecule has 146 valence electrons. The molecule has 0 radical (unpaired) electrons. The number of hydrogen-bond donors (Lipinski definition) is 2. The highest BCUT2D eigenvalue weighted by atomic mass is 32.1. The minimum absolute atomic E-state index is 0.0217. The van der Waals surface area contributed by atoms with E-state index in [1.165, 1.54) is 25.1 Å². The number of carbonyl (C=O) groups excluding carboxylic acids is 1. The number of benzene rings is 1. The van der Waals surface area contributed by atoms with Crippen molar-refractivity contribution >= 4 is 17.1 Å². The van der Waals surface area contributed by atoms with Gasteiger partial charge in [-0.05, 0) is 55.8 Å². The molecule has 3 nitrogen and oxygen atoms in total. The highest BCUT2D eigenvalue weighted by Gasteiger charge is 2.34. The molecular weight excluding hydrogens is 377 g/mol. The maximum atomic E-state index is 12.9. The van der Waals surface area contributed by atoms with E-state index < -0.39 is 17.5 Å². The lowest BCUT2D eigenvalue weighted by Crippen LogP contribution is -2.05. The van der Waals surface area contributed by atoms with Crippen LogP contribution in [0.3, 0.4) is 0 Å². The summed E-state index contributed by atoms with van der Waals surface area (Å²) < 4.78 is 38.7. The van der Waals surface area contributed by atoms with Crippen molar-refractivity contribution in [3.8, 4) is 16.2 Å². The number of phenolic OH excluding ortho intramolecular Hbond substituents is 1. The number of ketones is 1. The fourth-order valence-corrected chi connectivity index (χ4v) is 3.14. The van der Waals surface area contributed by atoms with Crippen molar-refractivity contribution in [2.45, 2.75) is 33.9 Å². The number of carbonyl (C=O) groups is 1. The molecule has 0 bridgehead atoms. The van der Waals surface area contributed by atoms with E-state index in [0.717, 1.165) is 23.5 Å². The first-order valence-corrected chi connectivity index (χ1v) is 9.04. The van der Waals surface area contributed by atoms with Gasteiger partial charge in [0.05, 0.1) is 16.2 Å². The zero-order chi connectivity index (χ0) is 20.8. The highest BCUT2D eigenvalue weighted by molar-refractivity contribution is 7.17. The van der Waals surface area contributed by atoms with Crippen molar-refractivity contribution in [1.82, 2.24) is 0 Å². The predicted octanol–water partition coefficient (Wildman–Crippen LogP) is 6.76. The number of halogens is 3. The van der Waals surface area contributed by atoms with Crippen LogP contribution in [0, 0.1) is 0 Å². The summed E-state index contributed by atoms with van der Waals surface area (Å²) in [4.78, 5) is 13.2. The van der Waals surface area contributed by atoms with Crippen LogP contribution in [-0.2, 0) is 6.18 Å². The van der Waals surface area contributed by atoms with Crippen molar-refractivity contribution in [3.05, 3.63) is 64.3 Å². The average molecular weight is 398 g/mol. The van der Waals surface area contributed by atoms with Gasteiger partial charge in [-0.1, -0.05) is 19.9 Å². The summed E-state index contributed by atoms with van der Waals surface area (Å²) in [5.41, 5.74) is -0.584. The van der Waals surface area contributed by atoms with E-state index in [4.69, 9.17) is 0 Å². The molecular formula is C20H21F3O3S. The van der Waals surface area contributed by atoms with E-state index in [1.807, 2.05) is 13.8 Å². The maximum Gasteiger partial charge on any atom is 0.419 e. The van der Waals surface area contributed by atoms with Gasteiger partial charge in [0.25, 0.3) is 0 Å². The van der Waals surface area contributed by atoms with Crippen molar-refractivity contribution in [1.29, 1.82) is 0 Å². The Labute approximate surface area is 160 Å². The summed E-state index contributed by atoms with van der Waals surface area (Å²) in [6.07, 6.45) is -1.80. The molecule has 2 rings (SSSR count). The van der Waals surface area contributed by atoms with Gasteiger partial charge in [0.1, 0.15) is 5.75 Å². The second-order valence-electron chi connectivity index (χ2n) is 5.25. The molecule has 2 N–H and O–H groups in total. The van der Waals surface area contributed by atoms with Gasteiger partial charge in [0.2, 0.25) is 5.78 Å². The summed E-state index contributed by atoms with van der Waals surface area (Å²) in [7, 11) is 0. The minimum Gasteiger partial charge on any atom is -0.513 e. The van der Waals surface area contributed by atoms with Crippen molar-refractivity contribution < 1.29 is 28.2 Å². The average Bonchev–Trinajstić information content (AvgIpc) is 3.10. The number of alkyl halides is 3. The fraction of sp³-hybridized carbons (Fsp3) is 0.250. The topological polar surface area (TPSA) is 57.5 Å². The molecule has 1 aromatic carbocycles. The third-order valence-electron chi connectivity index (χ3n) is 3.35. The van der Waals surface area contributed by atoms with Gasteiger partial charge < -0.3 is 10.2 Å². The fourth-order valence-electron chi connectivity index (χ4n) is 2.18. The van der Waals surface area contributed by atoms with E-state index in [-0.39, 0.29) is 22.7 Å². The standard InChI is InChI=1S/C18H15F3O3S.C2H6/c1-3-11(8-10(2)22)17(24)16-7-6-15(25-16)12-4-5-14(23)13(9-12)18(19,20)21;1-2/h3-9,22-23H,1-2H3;1-2H3/b10-8+,11-3+;. The predicted molar refractivity (Wildman–Crippen MR) is 102 cm³/mol. The molecule has 2 aromatic rings. The smallest absolute Gasteiger partial charge is 0.419 e. The number of allylic oxidation sites excluding steroid dienone is 4. The molecule has 1 aromatic heterocycles. The van der Waals surface area contributed by atoms with Gasteiger partial charge in [0, 0.05) is 10.5 Å². The number of Topliss-reactive ketones (excluding diaryl/α,β-unsaturated/α-hetero) is 1. The Morgan fingerprint density at radius 2 is 1.78 bits per heavy atom. The maximum absolute atomic E-state index is 12.9. The summed E-state index contributed by atoms with van der Waals surface area (Å²) >= 11 is 1.04. The molecule has 0 saturated heterocycles. The van der Waals surface area contributed by atoms with E-state index >= 15 is 0 Å². The van der Waals surface area contributed by atoms with E-state index in [2.05, 4.69) is 0 Å². The lowest BCUT2D eigenvalue weighted by Gasteiger charge is -2.10. The van der Waals surface area contributed by atoms with Gasteiger partial charge in [-0.2, -0.15) is 13.2 Å². The Morgan fingerprint density at radius 3 is 2.30 bits per heavy atom. The van der Waals surface area contributed by atoms with E-state index in [1.54, 1.807) is 19.1 Å². The quantitative estimate of drug-likeness (QED) is 0.259. The molecule has 0 atom stereocenters. The Balaban J connectivity index is 0.00000176. The normalized spacial score (nSPS) is 12.4. The van der Waals surface area contributed by atoms with Crippen LogP contribution in [0.4, 0.5) is 13.2 Å². The molecule has 0 spiro atoms. The number of aliphatic hydroxyl groups excluding tert-OH is 1. The highest BCUT2D eigenvalue weighted by Crippen LogP contribution is 2.39. The molecule has 7 heteroatoms. The number of phenols is 1. The molecule has 0 aliphatic rings. The Bertz CT molecular complexity index is 858. The second-order valence-corrected chi connectivity index (χ2v) is 6.34. The van der Waals surface area contributed by atoms with Gasteiger partial charge in [0.15, 0.2) is 0 Å². The number of hydrogen-bond acceptors (Lipinski definition) is 4. The van der Waals surface area contributed by atoms with Crippen LogP contribution in [-0.4, -0.2) is 16.0 Å². The number of aliphatic hydroxyl groups is 1. The van der Waals surface area contributed by atoms with Crippen LogP contribution in [0.25, 0.3) is 10.4 Å². The first kappa shape index (κ1) is 22.5. The van der Waals surface area contributed by atoms with Gasteiger partial charge in [-0.15, -0.1) is 11.3 Å². The first-order chi connectivity index (χ1) is 12.6. The minimum atomic E-state index is -4.67. The molecule has 0 aliphatic carbocycles. The van der Waals surface area contributed by atoms with Crippen molar-refractivity contribution in [3.63, 3.8) is 0 Å². The molecule has 0 amide bonds. The SMILES string of the molecule is C/C=C(\C=C(/C)O)C(=O)c1ccc(-c2ccc(O)c(C(F)(F)F)c2)s1.CC. The van der Waals surface area contributed by atoms with Crippen LogP contribution in [0.2, 0.25) is 0 Å². The Hall–Kier alpha value is -2.54. The van der Waals surface area contributed by atoms with Gasteiger partial charge >= 0.3 is 6.18 Å². The third kappa shape index (κ3) is 5.72. The molecule has 0 fully saturated rings. The zero-order valence-corrected chi connectivity index (χ0v) is 16.2. The van der Waals surface area contributed by atoms with Crippen LogP contribution in [0.5, 0.6) is 5.75 Å². The number of thiophene rings is 1. The first-order valence-electron chi connectivity index (χ1n) is 8.22. The Morgan fingerprint density at radius 1 is 1.15 bits per heavy atom. The second kappa shape index (κ2) is 9.41. The molecule has 1 heterocycles. The van der Waals surface area contributed by atoms with Crippen LogP contribution in [0.1, 0.15) is 42.9 Å². The van der Waals surface area contributed by atoms with E-state index in [9.17, 15) is 28.2 Å². The van der Waals surface area contributed by atoms with Crippen LogP contribution in [0.15, 0.2) is 53.8 Å². The van der Waals surface area contributed by atoms with Crippen LogP contribution >= 0.6 is 11.3 Å². The number of aromatic hydroxyl groups is 1. The van der Waals surface area contributed by atoms with Crippen LogP contribution < -0.4 is 0 Å². The molecule has 0 unspecified atom stereocenters. The summed E-state index contributed by atoms with van der Waals surface area (Å²) in [6.45, 7) is 7.09. The van der Waals surface area contributed by atoms with Crippen molar-refractivity contribution in [2.24, 2.45) is 0 Å². The van der Waals surface area contributed by atoms with E-state index in [0.29, 0.717) is 9.75 Å². The summed E-state index contributed by atoms with van der Waals surface area (Å²) in [5.74, 6) is -1.20. The van der Waals surface area contributed by atoms with Gasteiger partial charge in [-0.25, -0.2) is 0 Å². The summed E-state index contributed by atoms with van der Waals surface area (Å²) in [5, 5.41) is 18.7. The number of rotatable bonds is 4. The molecule has 0 saturated carbocycles. The van der Waals surface area contributed by atoms with Gasteiger partial charge in [-0.3, -0.25) is 4.79 Å². The summed E-state index contributed by atoms with van der Waals surface area (Å²) in [6, 6.07) is 6.26. The lowest BCUT2D eigenvalue weighted by atomic mass is 10.1. The third-order valence-corrected chi connectivity index (χ3v) is 4.49. The molecule has 27 heavy (non-hydrogen) atoms. The Kier molecular flexibility index (Phi) is 7.84. The lowest BCUT2D eigenvalue weighted by molar-refractivity contribution is -0.138.